The average molecular weight is 539 g/mol. The summed E-state index contributed by atoms with van der Waals surface area (Å²) in [5.41, 5.74) is 0. The van der Waals surface area contributed by atoms with Gasteiger partial charge in [-0.1, -0.05) is 34.6 Å². The first-order valence-corrected chi connectivity index (χ1v) is 9.19. The second-order valence-corrected chi connectivity index (χ2v) is 8.14. The molecule has 0 bridgehead atoms. The van der Waals surface area contributed by atoms with Gasteiger partial charge in [-0.2, -0.15) is 0 Å². The Morgan fingerprint density at radius 2 is 1.22 bits per heavy atom. The van der Waals surface area contributed by atoms with E-state index in [9.17, 15) is 5.11 Å². The zero-order valence-electron chi connectivity index (χ0n) is 16.0. The van der Waals surface area contributed by atoms with E-state index < -0.39 is 0 Å². The Hall–Kier alpha value is 1.32. The summed E-state index contributed by atoms with van der Waals surface area (Å²) in [7, 11) is 0. The van der Waals surface area contributed by atoms with Gasteiger partial charge in [0, 0.05) is 44.1 Å². The van der Waals surface area contributed by atoms with E-state index in [1.54, 1.807) is 0 Å². The van der Waals surface area contributed by atoms with Gasteiger partial charge in [0.15, 0.2) is 0 Å². The molecule has 2 aliphatic heterocycles. The zero-order chi connectivity index (χ0) is 16.6. The number of aliphatic hydroxyl groups excluding tert-OH is 1. The van der Waals surface area contributed by atoms with Crippen molar-refractivity contribution in [1.29, 1.82) is 0 Å². The minimum absolute atomic E-state index is 0. The van der Waals surface area contributed by atoms with Crippen molar-refractivity contribution >= 4 is 0 Å². The van der Waals surface area contributed by atoms with Crippen LogP contribution in [0.15, 0.2) is 0 Å². The number of ether oxygens (including phenoxy) is 2. The topological polar surface area (TPSA) is 38.7 Å². The zero-order valence-corrected chi connectivity index (χ0v) is 20.8. The van der Waals surface area contributed by atoms with Crippen molar-refractivity contribution in [2.24, 2.45) is 35.5 Å². The summed E-state index contributed by atoms with van der Waals surface area (Å²) in [4.78, 5) is 0. The van der Waals surface area contributed by atoms with E-state index in [2.05, 4.69) is 48.5 Å². The number of aliphatic hydroxyl groups is 1. The molecule has 23 heavy (non-hydrogen) atoms. The van der Waals surface area contributed by atoms with Gasteiger partial charge in [0.1, 0.15) is 0 Å². The van der Waals surface area contributed by atoms with E-state index in [1.807, 2.05) is 0 Å². The predicted octanol–water partition coefficient (Wildman–Crippen LogP) is 3.74. The smallest absolute Gasteiger partial charge is 0.0837 e. The molecule has 0 aromatic rings. The van der Waals surface area contributed by atoms with Gasteiger partial charge >= 0.3 is 0 Å². The van der Waals surface area contributed by atoms with E-state index >= 15 is 0 Å². The third-order valence-electron chi connectivity index (χ3n) is 7.14. The van der Waals surface area contributed by atoms with Gasteiger partial charge in [-0.05, 0) is 55.8 Å². The molecule has 2 rings (SSSR count). The molecular weight excluding hydrogens is 503 g/mol. The molecule has 1 radical (unpaired) electrons. The Bertz CT molecular complexity index is 363. The maximum Gasteiger partial charge on any atom is 0.0837 e. The second kappa shape index (κ2) is 9.31. The van der Waals surface area contributed by atoms with Gasteiger partial charge < -0.3 is 14.6 Å². The van der Waals surface area contributed by atoms with Crippen LogP contribution in [0.3, 0.4) is 0 Å². The van der Waals surface area contributed by atoms with Crippen LogP contribution >= 0.6 is 0 Å². The van der Waals surface area contributed by atoms with Crippen LogP contribution < -0.4 is 0 Å². The summed E-state index contributed by atoms with van der Waals surface area (Å²) < 4.78 is 12.4. The fraction of sp³-hybridized carbons (Fsp3) is 1.00. The normalized spacial score (nSPS) is 51.1. The van der Waals surface area contributed by atoms with Crippen molar-refractivity contribution in [3.8, 4) is 0 Å². The Morgan fingerprint density at radius 3 is 1.78 bits per heavy atom. The van der Waals surface area contributed by atoms with Crippen LogP contribution in [0.4, 0.5) is 0 Å². The number of hydrogen-bond acceptors (Lipinski definition) is 3. The standard InChI is InChI=1S/C19H36O3.Ac/c1-10-13(4)18(22-19(9-20)14(10)5)8-17-12(3)11(2)15(6)21-16(17)7;/h10-20H,8-9H2,1-7H3;/t10-,11?,12-,13?,14-,15?,16?,17-,18+,19?;/m1./s1. The summed E-state index contributed by atoms with van der Waals surface area (Å²) >= 11 is 0. The van der Waals surface area contributed by atoms with Gasteiger partial charge in [-0.3, -0.25) is 0 Å². The average Bonchev–Trinajstić information content (AvgIpc) is 2.49. The van der Waals surface area contributed by atoms with Crippen LogP contribution in [0.2, 0.25) is 0 Å². The van der Waals surface area contributed by atoms with Crippen molar-refractivity contribution in [2.45, 2.75) is 79.3 Å². The van der Waals surface area contributed by atoms with Crippen LogP contribution in [0, 0.1) is 79.6 Å². The monoisotopic (exact) mass is 539 g/mol. The second-order valence-electron chi connectivity index (χ2n) is 8.14. The van der Waals surface area contributed by atoms with Gasteiger partial charge in [0.05, 0.1) is 31.0 Å². The molecule has 0 aliphatic carbocycles. The molecule has 133 valence electrons. The van der Waals surface area contributed by atoms with Crippen LogP contribution in [0.1, 0.15) is 54.9 Å². The third kappa shape index (κ3) is 4.73. The fourth-order valence-corrected chi connectivity index (χ4v) is 4.59. The predicted molar refractivity (Wildman–Crippen MR) is 89.7 cm³/mol. The van der Waals surface area contributed by atoms with Gasteiger partial charge in [0.25, 0.3) is 0 Å². The molecule has 0 saturated carbocycles. The molecule has 0 aromatic heterocycles. The summed E-state index contributed by atoms with van der Waals surface area (Å²) in [5.74, 6) is 3.32. The SMILES string of the molecule is CC1OC(C)[C@H](C[C@@H]2OC(CO)[C@H](C)[C@H](C)C2C)[C@H](C)C1C.[Ac]. The molecule has 2 aliphatic rings. The van der Waals surface area contributed by atoms with E-state index in [0.29, 0.717) is 47.7 Å². The van der Waals surface area contributed by atoms with Crippen molar-refractivity contribution < 1.29 is 58.6 Å². The largest absolute Gasteiger partial charge is 0.394 e. The molecule has 5 unspecified atom stereocenters. The first-order chi connectivity index (χ1) is 10.3. The Labute approximate surface area is 178 Å². The maximum atomic E-state index is 9.62. The summed E-state index contributed by atoms with van der Waals surface area (Å²) in [6.07, 6.45) is 1.91. The summed E-state index contributed by atoms with van der Waals surface area (Å²) in [6.45, 7) is 16.0. The van der Waals surface area contributed by atoms with E-state index in [1.165, 1.54) is 0 Å². The van der Waals surface area contributed by atoms with Gasteiger partial charge in [-0.25, -0.2) is 0 Å². The van der Waals surface area contributed by atoms with Gasteiger partial charge in [-0.15, -0.1) is 0 Å². The minimum atomic E-state index is -0.0114. The molecule has 3 nitrogen and oxygen atoms in total. The molecule has 2 heterocycles. The van der Waals surface area contributed by atoms with Crippen LogP contribution in [-0.2, 0) is 9.47 Å². The van der Waals surface area contributed by atoms with E-state index in [-0.39, 0.29) is 62.9 Å². The first-order valence-electron chi connectivity index (χ1n) is 9.19. The molecule has 2 saturated heterocycles. The molecule has 0 spiro atoms. The summed E-state index contributed by atoms with van der Waals surface area (Å²) in [5, 5.41) is 9.62. The van der Waals surface area contributed by atoms with Crippen LogP contribution in [0.25, 0.3) is 0 Å². The maximum absolute atomic E-state index is 9.62. The van der Waals surface area contributed by atoms with E-state index in [4.69, 9.17) is 9.47 Å². The molecule has 0 aromatic carbocycles. The van der Waals surface area contributed by atoms with Crippen LogP contribution in [0.5, 0.6) is 0 Å². The van der Waals surface area contributed by atoms with Crippen LogP contribution in [-0.4, -0.2) is 36.1 Å². The van der Waals surface area contributed by atoms with Crippen molar-refractivity contribution in [2.75, 3.05) is 6.61 Å². The quantitative estimate of drug-likeness (QED) is 0.594. The first kappa shape index (κ1) is 22.4. The third-order valence-corrected chi connectivity index (χ3v) is 7.14. The Balaban J connectivity index is 0.00000264. The molecular formula is C19H36AcO3. The summed E-state index contributed by atoms with van der Waals surface area (Å²) in [6, 6.07) is 0. The minimum Gasteiger partial charge on any atom is -0.394 e. The number of rotatable bonds is 3. The Kier molecular flexibility index (Phi) is 9.06. The molecule has 1 N–H and O–H groups in total. The molecule has 4 heteroatoms. The fourth-order valence-electron chi connectivity index (χ4n) is 4.59. The molecule has 10 atom stereocenters. The molecule has 2 fully saturated rings. The van der Waals surface area contributed by atoms with Crippen molar-refractivity contribution in [3.63, 3.8) is 0 Å². The van der Waals surface area contributed by atoms with Crippen molar-refractivity contribution in [1.82, 2.24) is 0 Å². The van der Waals surface area contributed by atoms with E-state index in [0.717, 1.165) is 6.42 Å². The molecule has 0 amide bonds. The Morgan fingerprint density at radius 1 is 0.652 bits per heavy atom. The number of hydrogen-bond donors (Lipinski definition) is 1. The van der Waals surface area contributed by atoms with Gasteiger partial charge in [0.2, 0.25) is 0 Å². The van der Waals surface area contributed by atoms with Crippen molar-refractivity contribution in [3.05, 3.63) is 0 Å².